The highest BCUT2D eigenvalue weighted by molar-refractivity contribution is 5.98. The minimum Gasteiger partial charge on any atom is -0.282 e. The molecular formula is C11H7F4N3O. The second-order valence-corrected chi connectivity index (χ2v) is 3.72. The van der Waals surface area contributed by atoms with Crippen LogP contribution >= 0.6 is 0 Å². The van der Waals surface area contributed by atoms with Gasteiger partial charge in [0.2, 0.25) is 0 Å². The van der Waals surface area contributed by atoms with Crippen LogP contribution in [0, 0.1) is 5.82 Å². The zero-order valence-corrected chi connectivity index (χ0v) is 9.36. The fraction of sp³-hybridized carbons (Fsp3) is 0.182. The van der Waals surface area contributed by atoms with Gasteiger partial charge in [0.1, 0.15) is 5.82 Å². The van der Waals surface area contributed by atoms with Gasteiger partial charge >= 0.3 is 6.18 Å². The summed E-state index contributed by atoms with van der Waals surface area (Å²) in [4.78, 5) is 10.9. The summed E-state index contributed by atoms with van der Waals surface area (Å²) in [6, 6.07) is 5.74. The number of benzene rings is 1. The Hall–Kier alpha value is -2.25. The van der Waals surface area contributed by atoms with Gasteiger partial charge in [0.25, 0.3) is 5.78 Å². The third-order valence-electron chi connectivity index (χ3n) is 2.32. The van der Waals surface area contributed by atoms with Crippen LogP contribution in [0.4, 0.5) is 17.6 Å². The molecule has 0 spiro atoms. The Morgan fingerprint density at radius 3 is 2.58 bits per heavy atom. The number of Topliss-reactive ketones (excluding diaryl/α,β-unsaturated/α-hetero) is 1. The van der Waals surface area contributed by atoms with E-state index in [1.807, 2.05) is 0 Å². The zero-order valence-electron chi connectivity index (χ0n) is 9.36. The molecule has 0 saturated carbocycles. The Morgan fingerprint density at radius 1 is 1.26 bits per heavy atom. The largest absolute Gasteiger partial charge is 0.456 e. The zero-order chi connectivity index (χ0) is 14.0. The van der Waals surface area contributed by atoms with E-state index in [0.29, 0.717) is 0 Å². The Kier molecular flexibility index (Phi) is 3.32. The van der Waals surface area contributed by atoms with Crippen molar-refractivity contribution in [2.75, 3.05) is 0 Å². The molecule has 0 amide bonds. The monoisotopic (exact) mass is 273 g/mol. The van der Waals surface area contributed by atoms with Crippen LogP contribution in [-0.4, -0.2) is 27.0 Å². The van der Waals surface area contributed by atoms with Gasteiger partial charge in [-0.05, 0) is 6.07 Å². The number of rotatable bonds is 3. The summed E-state index contributed by atoms with van der Waals surface area (Å²) in [6.45, 7) is -0.106. The number of hydrogen-bond acceptors (Lipinski definition) is 3. The smallest absolute Gasteiger partial charge is 0.282 e. The summed E-state index contributed by atoms with van der Waals surface area (Å²) in [5, 5.41) is 6.50. The second-order valence-electron chi connectivity index (χ2n) is 3.72. The number of nitrogens with zero attached hydrogens (tertiary/aromatic N) is 3. The van der Waals surface area contributed by atoms with Gasteiger partial charge in [-0.15, -0.1) is 5.10 Å². The van der Waals surface area contributed by atoms with Crippen LogP contribution in [0.5, 0.6) is 0 Å². The molecule has 4 nitrogen and oxygen atoms in total. The standard InChI is InChI=1S/C11H7F4N3O/c12-8-4-2-1-3-7(8)5-18-6-9(16-17-18)10(19)11(13,14)15/h1-4,6H,5H2. The summed E-state index contributed by atoms with van der Waals surface area (Å²) in [7, 11) is 0. The molecule has 8 heteroatoms. The molecule has 0 fully saturated rings. The summed E-state index contributed by atoms with van der Waals surface area (Å²) in [6.07, 6.45) is -4.17. The number of ketones is 1. The molecule has 0 aliphatic rings. The van der Waals surface area contributed by atoms with E-state index < -0.39 is 23.5 Å². The van der Waals surface area contributed by atoms with Crippen molar-refractivity contribution in [2.45, 2.75) is 12.7 Å². The maximum Gasteiger partial charge on any atom is 0.456 e. The van der Waals surface area contributed by atoms with E-state index in [9.17, 15) is 22.4 Å². The normalized spacial score (nSPS) is 11.6. The lowest BCUT2D eigenvalue weighted by atomic mass is 10.2. The molecule has 100 valence electrons. The Bertz CT molecular complexity index is 606. The fourth-order valence-corrected chi connectivity index (χ4v) is 1.43. The van der Waals surface area contributed by atoms with E-state index in [1.54, 1.807) is 6.07 Å². The summed E-state index contributed by atoms with van der Waals surface area (Å²) in [5.41, 5.74) is -0.581. The van der Waals surface area contributed by atoms with Crippen LogP contribution in [0.15, 0.2) is 30.5 Å². The molecule has 0 unspecified atom stereocenters. The Labute approximate surface area is 104 Å². The molecule has 1 heterocycles. The van der Waals surface area contributed by atoms with Gasteiger partial charge in [-0.1, -0.05) is 23.4 Å². The van der Waals surface area contributed by atoms with Crippen LogP contribution in [0.25, 0.3) is 0 Å². The van der Waals surface area contributed by atoms with Crippen molar-refractivity contribution in [1.29, 1.82) is 0 Å². The highest BCUT2D eigenvalue weighted by Gasteiger charge is 2.41. The van der Waals surface area contributed by atoms with Crippen molar-refractivity contribution in [1.82, 2.24) is 15.0 Å². The predicted molar refractivity (Wildman–Crippen MR) is 55.9 cm³/mol. The molecule has 0 saturated heterocycles. The third kappa shape index (κ3) is 2.95. The van der Waals surface area contributed by atoms with Gasteiger partial charge in [0.15, 0.2) is 5.69 Å². The number of carbonyl (C=O) groups excluding carboxylic acids is 1. The molecule has 0 bridgehead atoms. The SMILES string of the molecule is O=C(c1cn(Cc2ccccc2F)nn1)C(F)(F)F. The van der Waals surface area contributed by atoms with Crippen molar-refractivity contribution in [3.05, 3.63) is 47.5 Å². The molecule has 0 aliphatic carbocycles. The van der Waals surface area contributed by atoms with Gasteiger partial charge in [0.05, 0.1) is 12.7 Å². The van der Waals surface area contributed by atoms with Gasteiger partial charge in [-0.2, -0.15) is 13.2 Å². The average molecular weight is 273 g/mol. The van der Waals surface area contributed by atoms with Crippen molar-refractivity contribution < 1.29 is 22.4 Å². The molecule has 1 aromatic carbocycles. The molecule has 2 aromatic rings. The number of aromatic nitrogens is 3. The van der Waals surface area contributed by atoms with Crippen LogP contribution in [0.2, 0.25) is 0 Å². The van der Waals surface area contributed by atoms with Crippen LogP contribution < -0.4 is 0 Å². The lowest BCUT2D eigenvalue weighted by Gasteiger charge is -2.02. The molecule has 2 rings (SSSR count). The molecule has 19 heavy (non-hydrogen) atoms. The molecule has 0 atom stereocenters. The van der Waals surface area contributed by atoms with Crippen molar-refractivity contribution >= 4 is 5.78 Å². The van der Waals surface area contributed by atoms with Gasteiger partial charge in [-0.3, -0.25) is 4.79 Å². The number of carbonyl (C=O) groups is 1. The highest BCUT2D eigenvalue weighted by Crippen LogP contribution is 2.20. The highest BCUT2D eigenvalue weighted by atomic mass is 19.4. The summed E-state index contributed by atoms with van der Waals surface area (Å²) >= 11 is 0. The van der Waals surface area contributed by atoms with Crippen LogP contribution in [0.1, 0.15) is 16.1 Å². The maximum atomic E-state index is 13.3. The average Bonchev–Trinajstić information content (AvgIpc) is 2.78. The molecule has 0 N–H and O–H groups in total. The topological polar surface area (TPSA) is 47.8 Å². The van der Waals surface area contributed by atoms with E-state index in [2.05, 4.69) is 10.3 Å². The lowest BCUT2D eigenvalue weighted by Crippen LogP contribution is -2.23. The first-order chi connectivity index (χ1) is 8.88. The first-order valence-corrected chi connectivity index (χ1v) is 5.13. The van der Waals surface area contributed by atoms with E-state index in [-0.39, 0.29) is 12.1 Å². The fourth-order valence-electron chi connectivity index (χ4n) is 1.43. The summed E-state index contributed by atoms with van der Waals surface area (Å²) < 4.78 is 50.7. The lowest BCUT2D eigenvalue weighted by molar-refractivity contribution is -0.0888. The van der Waals surface area contributed by atoms with Crippen molar-refractivity contribution in [2.24, 2.45) is 0 Å². The molecule has 0 radical (unpaired) electrons. The van der Waals surface area contributed by atoms with Gasteiger partial charge < -0.3 is 0 Å². The summed E-state index contributed by atoms with van der Waals surface area (Å²) in [5.74, 6) is -2.59. The van der Waals surface area contributed by atoms with E-state index in [4.69, 9.17) is 0 Å². The minimum atomic E-state index is -5.00. The van der Waals surface area contributed by atoms with Crippen LogP contribution in [0.3, 0.4) is 0 Å². The van der Waals surface area contributed by atoms with Crippen molar-refractivity contribution in [3.63, 3.8) is 0 Å². The minimum absolute atomic E-state index is 0.106. The van der Waals surface area contributed by atoms with E-state index in [0.717, 1.165) is 10.9 Å². The van der Waals surface area contributed by atoms with Gasteiger partial charge in [-0.25, -0.2) is 9.07 Å². The first-order valence-electron chi connectivity index (χ1n) is 5.13. The van der Waals surface area contributed by atoms with Crippen LogP contribution in [-0.2, 0) is 6.54 Å². The van der Waals surface area contributed by atoms with Gasteiger partial charge in [0, 0.05) is 5.56 Å². The first kappa shape index (κ1) is 13.2. The second kappa shape index (κ2) is 4.79. The molecular weight excluding hydrogens is 266 g/mol. The third-order valence-corrected chi connectivity index (χ3v) is 2.32. The number of alkyl halides is 3. The quantitative estimate of drug-likeness (QED) is 0.636. The Morgan fingerprint density at radius 2 is 1.95 bits per heavy atom. The Balaban J connectivity index is 2.19. The maximum absolute atomic E-state index is 13.3. The van der Waals surface area contributed by atoms with E-state index >= 15 is 0 Å². The predicted octanol–water partition coefficient (Wildman–Crippen LogP) is 2.21. The molecule has 1 aromatic heterocycles. The number of hydrogen-bond donors (Lipinski definition) is 0. The van der Waals surface area contributed by atoms with E-state index in [1.165, 1.54) is 18.2 Å². The van der Waals surface area contributed by atoms with Crippen molar-refractivity contribution in [3.8, 4) is 0 Å². The molecule has 0 aliphatic heterocycles. The number of halogens is 4.